The van der Waals surface area contributed by atoms with Gasteiger partial charge >= 0.3 is 0 Å². The monoisotopic (exact) mass is 497 g/mol. The number of para-hydroxylation sites is 1. The largest absolute Gasteiger partial charge is 0.490 e. The van der Waals surface area contributed by atoms with Gasteiger partial charge in [-0.25, -0.2) is 0 Å². The third-order valence-electron chi connectivity index (χ3n) is 3.70. The molecule has 2 rings (SSSR count). The van der Waals surface area contributed by atoms with Gasteiger partial charge in [-0.05, 0) is 40.9 Å². The number of aliphatic hydroxyl groups excluding tert-OH is 1. The van der Waals surface area contributed by atoms with Crippen LogP contribution in [-0.2, 0) is 0 Å². The summed E-state index contributed by atoms with van der Waals surface area (Å²) in [6.07, 6.45) is 5.40. The molecule has 0 radical (unpaired) electrons. The van der Waals surface area contributed by atoms with E-state index in [1.807, 2.05) is 24.3 Å². The van der Waals surface area contributed by atoms with E-state index in [0.717, 1.165) is 17.3 Å². The van der Waals surface area contributed by atoms with E-state index in [1.54, 1.807) is 0 Å². The van der Waals surface area contributed by atoms with Crippen molar-refractivity contribution in [1.82, 2.24) is 5.32 Å². The number of ether oxygens (including phenoxy) is 1. The van der Waals surface area contributed by atoms with Crippen molar-refractivity contribution in [3.8, 4) is 5.75 Å². The van der Waals surface area contributed by atoms with Gasteiger partial charge in [-0.1, -0.05) is 31.4 Å². The van der Waals surface area contributed by atoms with Crippen LogP contribution >= 0.6 is 39.9 Å². The molecule has 1 unspecified atom stereocenters. The molecule has 1 saturated carbocycles. The molecule has 0 spiro atoms. The number of aliphatic imine (C=N–C) groups is 1. The van der Waals surface area contributed by atoms with Crippen LogP contribution in [0.25, 0.3) is 0 Å². The van der Waals surface area contributed by atoms with E-state index in [2.05, 4.69) is 26.2 Å². The molecule has 1 aliphatic rings. The Labute approximate surface area is 163 Å². The van der Waals surface area contributed by atoms with Crippen LogP contribution in [0.15, 0.2) is 33.7 Å². The quantitative estimate of drug-likeness (QED) is 0.320. The number of rotatable bonds is 6. The zero-order valence-corrected chi connectivity index (χ0v) is 17.0. The fraction of sp³-hybridized carbons (Fsp3) is 0.562. The summed E-state index contributed by atoms with van der Waals surface area (Å²) in [5.41, 5.74) is 5.86. The van der Waals surface area contributed by atoms with Gasteiger partial charge in [0, 0.05) is 6.04 Å². The lowest BCUT2D eigenvalue weighted by Crippen LogP contribution is -2.41. The Kier molecular flexibility index (Phi) is 9.89. The zero-order valence-electron chi connectivity index (χ0n) is 13.1. The number of hydrogen-bond donors (Lipinski definition) is 3. The average molecular weight is 498 g/mol. The van der Waals surface area contributed by atoms with Gasteiger partial charge in [0.05, 0.1) is 11.0 Å². The van der Waals surface area contributed by atoms with Crippen LogP contribution in [0.3, 0.4) is 0 Å². The van der Waals surface area contributed by atoms with Crippen molar-refractivity contribution in [2.24, 2.45) is 10.7 Å². The van der Waals surface area contributed by atoms with Crippen LogP contribution in [-0.4, -0.2) is 36.4 Å². The highest BCUT2D eigenvalue weighted by Crippen LogP contribution is 2.23. The molecule has 0 aromatic heterocycles. The van der Waals surface area contributed by atoms with Gasteiger partial charge in [0.1, 0.15) is 18.5 Å². The smallest absolute Gasteiger partial charge is 0.188 e. The van der Waals surface area contributed by atoms with Gasteiger partial charge in [0.25, 0.3) is 0 Å². The number of nitrogens with two attached hydrogens (primary N) is 1. The molecule has 23 heavy (non-hydrogen) atoms. The minimum atomic E-state index is -0.682. The van der Waals surface area contributed by atoms with Crippen LogP contribution in [0.2, 0.25) is 0 Å². The maximum Gasteiger partial charge on any atom is 0.188 e. The van der Waals surface area contributed by atoms with Crippen LogP contribution in [0.1, 0.15) is 32.1 Å². The van der Waals surface area contributed by atoms with Gasteiger partial charge in [0.15, 0.2) is 5.96 Å². The first-order chi connectivity index (χ1) is 10.6. The third kappa shape index (κ3) is 7.71. The van der Waals surface area contributed by atoms with Crippen molar-refractivity contribution in [1.29, 1.82) is 0 Å². The standard InChI is InChI=1S/C16H24BrN3O2.HI/c17-14-8-4-5-9-15(14)22-11-13(21)10-19-16(18)20-12-6-2-1-3-7-12;/h4-5,8-9,12-13,21H,1-3,6-7,10-11H2,(H3,18,19,20);1H. The van der Waals surface area contributed by atoms with Crippen molar-refractivity contribution < 1.29 is 9.84 Å². The summed E-state index contributed by atoms with van der Waals surface area (Å²) in [4.78, 5) is 4.19. The predicted octanol–water partition coefficient (Wildman–Crippen LogP) is 3.04. The van der Waals surface area contributed by atoms with E-state index >= 15 is 0 Å². The fourth-order valence-electron chi connectivity index (χ4n) is 2.51. The Hall–Kier alpha value is -0.540. The molecule has 0 heterocycles. The van der Waals surface area contributed by atoms with Gasteiger partial charge in [-0.3, -0.25) is 4.99 Å². The Morgan fingerprint density at radius 1 is 1.35 bits per heavy atom. The SMILES string of the molecule is I.NC(=NCC(O)COc1ccccc1Br)NC1CCCCC1. The number of guanidine groups is 1. The summed E-state index contributed by atoms with van der Waals surface area (Å²) in [7, 11) is 0. The molecular formula is C16H25BrIN3O2. The Bertz CT molecular complexity index is 496. The van der Waals surface area contributed by atoms with Crippen molar-refractivity contribution in [2.75, 3.05) is 13.2 Å². The normalized spacial score (nSPS) is 17.2. The first-order valence-electron chi connectivity index (χ1n) is 7.77. The lowest BCUT2D eigenvalue weighted by atomic mass is 9.96. The van der Waals surface area contributed by atoms with Crippen LogP contribution < -0.4 is 15.8 Å². The van der Waals surface area contributed by atoms with Crippen molar-refractivity contribution in [3.05, 3.63) is 28.7 Å². The van der Waals surface area contributed by atoms with E-state index in [0.29, 0.717) is 17.8 Å². The lowest BCUT2D eigenvalue weighted by Gasteiger charge is -2.23. The summed E-state index contributed by atoms with van der Waals surface area (Å²) in [6, 6.07) is 7.96. The number of nitrogens with zero attached hydrogens (tertiary/aromatic N) is 1. The van der Waals surface area contributed by atoms with Crippen molar-refractivity contribution in [2.45, 2.75) is 44.2 Å². The van der Waals surface area contributed by atoms with Gasteiger partial charge < -0.3 is 20.9 Å². The number of aliphatic hydroxyl groups is 1. The second-order valence-electron chi connectivity index (χ2n) is 5.60. The molecule has 1 aliphatic carbocycles. The molecule has 0 aliphatic heterocycles. The summed E-state index contributed by atoms with van der Waals surface area (Å²) in [5, 5.41) is 13.2. The van der Waals surface area contributed by atoms with E-state index in [4.69, 9.17) is 10.5 Å². The molecule has 5 nitrogen and oxygen atoms in total. The Morgan fingerprint density at radius 2 is 2.04 bits per heavy atom. The van der Waals surface area contributed by atoms with Crippen molar-refractivity contribution >= 4 is 45.9 Å². The minimum absolute atomic E-state index is 0. The fourth-order valence-corrected chi connectivity index (χ4v) is 2.91. The molecular weight excluding hydrogens is 473 g/mol. The van der Waals surface area contributed by atoms with Gasteiger partial charge in [-0.2, -0.15) is 0 Å². The number of nitrogens with one attached hydrogen (secondary N) is 1. The first kappa shape index (κ1) is 20.5. The maximum absolute atomic E-state index is 9.93. The average Bonchev–Trinajstić information content (AvgIpc) is 2.53. The molecule has 1 aromatic carbocycles. The highest BCUT2D eigenvalue weighted by molar-refractivity contribution is 14.0. The summed E-state index contributed by atoms with van der Waals surface area (Å²) in [6.45, 7) is 0.416. The van der Waals surface area contributed by atoms with Gasteiger partial charge in [-0.15, -0.1) is 24.0 Å². The number of benzene rings is 1. The van der Waals surface area contributed by atoms with Crippen molar-refractivity contribution in [3.63, 3.8) is 0 Å². The molecule has 130 valence electrons. The molecule has 0 amide bonds. The Balaban J connectivity index is 0.00000264. The lowest BCUT2D eigenvalue weighted by molar-refractivity contribution is 0.114. The maximum atomic E-state index is 9.93. The second kappa shape index (κ2) is 11.1. The van der Waals surface area contributed by atoms with Crippen LogP contribution in [0, 0.1) is 0 Å². The first-order valence-corrected chi connectivity index (χ1v) is 8.56. The van der Waals surface area contributed by atoms with E-state index in [9.17, 15) is 5.11 Å². The summed E-state index contributed by atoms with van der Waals surface area (Å²) in [5.74, 6) is 1.12. The number of hydrogen-bond acceptors (Lipinski definition) is 3. The highest BCUT2D eigenvalue weighted by atomic mass is 127. The summed E-state index contributed by atoms with van der Waals surface area (Å²) < 4.78 is 6.42. The van der Waals surface area contributed by atoms with E-state index in [1.165, 1.54) is 19.3 Å². The van der Waals surface area contributed by atoms with E-state index < -0.39 is 6.10 Å². The molecule has 1 atom stereocenters. The van der Waals surface area contributed by atoms with Gasteiger partial charge in [0.2, 0.25) is 0 Å². The highest BCUT2D eigenvalue weighted by Gasteiger charge is 2.13. The Morgan fingerprint density at radius 3 is 2.74 bits per heavy atom. The van der Waals surface area contributed by atoms with Crippen LogP contribution in [0.5, 0.6) is 5.75 Å². The number of halogens is 2. The van der Waals surface area contributed by atoms with E-state index in [-0.39, 0.29) is 37.1 Å². The predicted molar refractivity (Wildman–Crippen MR) is 108 cm³/mol. The molecule has 1 fully saturated rings. The molecule has 7 heteroatoms. The second-order valence-corrected chi connectivity index (χ2v) is 6.45. The minimum Gasteiger partial charge on any atom is -0.490 e. The summed E-state index contributed by atoms with van der Waals surface area (Å²) >= 11 is 3.40. The third-order valence-corrected chi connectivity index (χ3v) is 4.35. The molecule has 4 N–H and O–H groups in total. The topological polar surface area (TPSA) is 79.9 Å². The zero-order chi connectivity index (χ0) is 15.8. The molecule has 1 aromatic rings. The van der Waals surface area contributed by atoms with Crippen LogP contribution in [0.4, 0.5) is 0 Å². The molecule has 0 bridgehead atoms. The molecule has 0 saturated heterocycles.